The summed E-state index contributed by atoms with van der Waals surface area (Å²) >= 11 is 8.12. The van der Waals surface area contributed by atoms with Gasteiger partial charge in [-0.05, 0) is 72.1 Å². The zero-order valence-electron chi connectivity index (χ0n) is 15.7. The molecule has 0 saturated carbocycles. The fraction of sp³-hybridized carbons (Fsp3) is 0.333. The van der Waals surface area contributed by atoms with Gasteiger partial charge in [0.05, 0.1) is 0 Å². The molecule has 0 aliphatic heterocycles. The molecule has 34 heavy (non-hydrogen) atoms. The molecule has 0 heterocycles. The topological polar surface area (TPSA) is 0 Å². The predicted octanol–water partition coefficient (Wildman–Crippen LogP) is 9.60. The lowest BCUT2D eigenvalue weighted by molar-refractivity contribution is -0.405. The lowest BCUT2D eigenvalue weighted by Gasteiger charge is -2.40. The summed E-state index contributed by atoms with van der Waals surface area (Å²) in [6.07, 6.45) is 0. The van der Waals surface area contributed by atoms with Crippen molar-refractivity contribution >= 4 is 46.7 Å². The maximum absolute atomic E-state index is 14.0. The number of thioether (sulfide) groups is 2. The van der Waals surface area contributed by atoms with Gasteiger partial charge in [0, 0.05) is 19.8 Å². The van der Waals surface area contributed by atoms with Crippen molar-refractivity contribution in [3.63, 3.8) is 0 Å². The van der Waals surface area contributed by atoms with Crippen molar-refractivity contribution in [1.29, 1.82) is 0 Å². The van der Waals surface area contributed by atoms with Crippen LogP contribution in [0.4, 0.5) is 52.7 Å². The van der Waals surface area contributed by atoms with Crippen LogP contribution in [-0.4, -0.2) is 34.2 Å². The largest absolute Gasteiger partial charge is 0.388 e. The molecule has 0 aliphatic carbocycles. The van der Waals surface area contributed by atoms with Gasteiger partial charge in [0.1, 0.15) is 0 Å². The van der Waals surface area contributed by atoms with E-state index in [0.717, 1.165) is 24.3 Å². The molecule has 0 spiro atoms. The van der Waals surface area contributed by atoms with Crippen molar-refractivity contribution in [1.82, 2.24) is 0 Å². The smallest absolute Gasteiger partial charge is 0.192 e. The quantitative estimate of drug-likeness (QED) is 0.212. The number of halogens is 14. The van der Waals surface area contributed by atoms with Crippen LogP contribution in [0, 0.1) is 0 Å². The van der Waals surface area contributed by atoms with Crippen LogP contribution in [0.3, 0.4) is 0 Å². The summed E-state index contributed by atoms with van der Waals surface area (Å²) in [5.74, 6) is -29.7. The molecule has 0 N–H and O–H groups in total. The maximum Gasteiger partial charge on any atom is 0.388 e. The minimum absolute atomic E-state index is 0.101. The minimum atomic E-state index is -7.64. The van der Waals surface area contributed by atoms with E-state index in [1.807, 2.05) is 0 Å². The number of rotatable bonds is 9. The number of benzene rings is 2. The van der Waals surface area contributed by atoms with Crippen LogP contribution >= 0.6 is 46.7 Å². The van der Waals surface area contributed by atoms with Crippen LogP contribution in [0.25, 0.3) is 0 Å². The Bertz CT molecular complexity index is 913. The number of hydrogen-bond donors (Lipinski definition) is 0. The summed E-state index contributed by atoms with van der Waals surface area (Å²) in [5.41, 5.74) is 0. The van der Waals surface area contributed by atoms with Gasteiger partial charge in [0.15, 0.2) is 0 Å². The molecule has 0 atom stereocenters. The Balaban J connectivity index is 2.43. The first-order valence-corrected chi connectivity index (χ1v) is 10.7. The molecular formula is C18H8Cl2F12S2. The van der Waals surface area contributed by atoms with Crippen LogP contribution in [0.15, 0.2) is 58.3 Å². The first-order valence-electron chi connectivity index (χ1n) is 8.35. The van der Waals surface area contributed by atoms with Gasteiger partial charge in [-0.25, -0.2) is 0 Å². The second-order valence-electron chi connectivity index (χ2n) is 6.44. The molecule has 190 valence electrons. The molecule has 2 rings (SSSR count). The van der Waals surface area contributed by atoms with Crippen molar-refractivity contribution in [3.8, 4) is 0 Å². The summed E-state index contributed by atoms with van der Waals surface area (Å²) in [6, 6.07) is 5.91. The second kappa shape index (κ2) is 9.40. The highest BCUT2D eigenvalue weighted by molar-refractivity contribution is 8.00. The molecule has 2 aromatic rings. The van der Waals surface area contributed by atoms with Gasteiger partial charge in [0.25, 0.3) is 0 Å². The summed E-state index contributed by atoms with van der Waals surface area (Å²) < 4.78 is 168. The highest BCUT2D eigenvalue weighted by Crippen LogP contribution is 2.64. The van der Waals surface area contributed by atoms with Crippen LogP contribution in [-0.2, 0) is 0 Å². The van der Waals surface area contributed by atoms with Gasteiger partial charge in [0.2, 0.25) is 0 Å². The fourth-order valence-electron chi connectivity index (χ4n) is 2.19. The Labute approximate surface area is 202 Å². The summed E-state index contributed by atoms with van der Waals surface area (Å²) in [6.45, 7) is 0. The molecule has 2 aromatic carbocycles. The normalized spacial score (nSPS) is 14.4. The zero-order valence-corrected chi connectivity index (χ0v) is 18.9. The third-order valence-electron chi connectivity index (χ3n) is 4.03. The summed E-state index contributed by atoms with van der Waals surface area (Å²) in [7, 11) is 0. The maximum atomic E-state index is 14.0. The molecule has 0 aromatic heterocycles. The molecule has 0 bridgehead atoms. The van der Waals surface area contributed by atoms with Crippen LogP contribution in [0.2, 0.25) is 10.0 Å². The molecule has 16 heteroatoms. The predicted molar refractivity (Wildman–Crippen MR) is 104 cm³/mol. The van der Waals surface area contributed by atoms with E-state index < -0.39 is 67.5 Å². The highest BCUT2D eigenvalue weighted by Gasteiger charge is 2.90. The number of alkyl halides is 12. The second-order valence-corrected chi connectivity index (χ2v) is 9.69. The van der Waals surface area contributed by atoms with Crippen molar-refractivity contribution in [2.75, 3.05) is 0 Å². The standard InChI is InChI=1S/C18H8Cl2F12S2/c19-9-1-5-11(6-2-9)33-17(29,30)15(25,26)13(21,22)14(23,24)16(27,28)18(31,32)34-12-7-3-10(20)4-8-12/h1-8H. The van der Waals surface area contributed by atoms with Gasteiger partial charge >= 0.3 is 34.2 Å². The third-order valence-corrected chi connectivity index (χ3v) is 6.58. The molecule has 0 fully saturated rings. The molecule has 0 radical (unpaired) electrons. The number of hydrogen-bond acceptors (Lipinski definition) is 2. The van der Waals surface area contributed by atoms with Gasteiger partial charge in [-0.15, -0.1) is 0 Å². The van der Waals surface area contributed by atoms with Crippen LogP contribution in [0.1, 0.15) is 0 Å². The Morgan fingerprint density at radius 3 is 0.882 bits per heavy atom. The van der Waals surface area contributed by atoms with E-state index in [1.165, 1.54) is 0 Å². The van der Waals surface area contributed by atoms with Crippen molar-refractivity contribution in [2.45, 2.75) is 44.0 Å². The van der Waals surface area contributed by atoms with Gasteiger partial charge in [-0.3, -0.25) is 0 Å². The Hall–Kier alpha value is -1.12. The van der Waals surface area contributed by atoms with Crippen LogP contribution in [0.5, 0.6) is 0 Å². The van der Waals surface area contributed by atoms with Gasteiger partial charge < -0.3 is 0 Å². The lowest BCUT2D eigenvalue weighted by Crippen LogP contribution is -2.69. The molecule has 0 aliphatic rings. The molecule has 0 amide bonds. The monoisotopic (exact) mass is 586 g/mol. The fourth-order valence-corrected chi connectivity index (χ4v) is 4.09. The third kappa shape index (κ3) is 5.05. The van der Waals surface area contributed by atoms with Crippen LogP contribution < -0.4 is 0 Å². The van der Waals surface area contributed by atoms with E-state index in [1.54, 1.807) is 0 Å². The van der Waals surface area contributed by atoms with Crippen molar-refractivity contribution in [2.24, 2.45) is 0 Å². The lowest BCUT2D eigenvalue weighted by atomic mass is 9.98. The minimum Gasteiger partial charge on any atom is -0.192 e. The molecule has 0 unspecified atom stereocenters. The van der Waals surface area contributed by atoms with E-state index in [0.29, 0.717) is 24.3 Å². The van der Waals surface area contributed by atoms with E-state index in [-0.39, 0.29) is 10.0 Å². The van der Waals surface area contributed by atoms with E-state index >= 15 is 0 Å². The Morgan fingerprint density at radius 2 is 0.647 bits per heavy atom. The summed E-state index contributed by atoms with van der Waals surface area (Å²) in [5, 5.41) is -12.5. The average Bonchev–Trinajstić information content (AvgIpc) is 2.70. The van der Waals surface area contributed by atoms with Gasteiger partial charge in [-0.1, -0.05) is 23.2 Å². The molecular weight excluding hydrogens is 579 g/mol. The molecule has 0 nitrogen and oxygen atoms in total. The highest BCUT2D eigenvalue weighted by atomic mass is 35.5. The van der Waals surface area contributed by atoms with Crippen molar-refractivity contribution in [3.05, 3.63) is 58.6 Å². The SMILES string of the molecule is FC(F)(Sc1ccc(Cl)cc1)C(F)(F)C(F)(F)C(F)(F)C(F)(F)C(F)(F)Sc1ccc(Cl)cc1. The summed E-state index contributed by atoms with van der Waals surface area (Å²) in [4.78, 5) is -1.77. The van der Waals surface area contributed by atoms with E-state index in [4.69, 9.17) is 23.2 Å². The van der Waals surface area contributed by atoms with E-state index in [9.17, 15) is 52.7 Å². The zero-order chi connectivity index (χ0) is 26.4. The van der Waals surface area contributed by atoms with E-state index in [2.05, 4.69) is 0 Å². The first kappa shape index (κ1) is 29.1. The Kier molecular flexibility index (Phi) is 8.05. The first-order chi connectivity index (χ1) is 15.2. The van der Waals surface area contributed by atoms with Crippen molar-refractivity contribution < 1.29 is 52.7 Å². The Morgan fingerprint density at radius 1 is 0.412 bits per heavy atom. The molecule has 0 saturated heterocycles. The average molecular weight is 587 g/mol. The van der Waals surface area contributed by atoms with Gasteiger partial charge in [-0.2, -0.15) is 52.7 Å².